The standard InChI is InChI=1S/C13H12F3N3O/c1-17-12(20)11(10-5-6-18-19-10)8-3-2-4-9(7-8)13(14,15)16/h2-7,11H,1H3,(H,17,20)(H,18,19). The second-order valence-electron chi connectivity index (χ2n) is 4.18. The number of hydrogen-bond acceptors (Lipinski definition) is 2. The van der Waals surface area contributed by atoms with Crippen LogP contribution in [-0.4, -0.2) is 23.2 Å². The Kier molecular flexibility index (Phi) is 3.78. The first kappa shape index (κ1) is 14.1. The van der Waals surface area contributed by atoms with E-state index in [9.17, 15) is 18.0 Å². The zero-order valence-electron chi connectivity index (χ0n) is 10.5. The molecule has 0 fully saturated rings. The Balaban J connectivity index is 2.47. The van der Waals surface area contributed by atoms with Crippen molar-refractivity contribution in [2.75, 3.05) is 7.05 Å². The lowest BCUT2D eigenvalue weighted by Crippen LogP contribution is -2.27. The summed E-state index contributed by atoms with van der Waals surface area (Å²) in [4.78, 5) is 11.9. The Labute approximate surface area is 113 Å². The molecule has 0 radical (unpaired) electrons. The third kappa shape index (κ3) is 2.81. The second-order valence-corrected chi connectivity index (χ2v) is 4.18. The molecule has 4 nitrogen and oxygen atoms in total. The quantitative estimate of drug-likeness (QED) is 0.908. The number of nitrogens with one attached hydrogen (secondary N) is 2. The summed E-state index contributed by atoms with van der Waals surface area (Å²) >= 11 is 0. The molecule has 0 bridgehead atoms. The molecule has 2 aromatic rings. The molecule has 0 aliphatic heterocycles. The van der Waals surface area contributed by atoms with Gasteiger partial charge in [0.05, 0.1) is 11.3 Å². The average Bonchev–Trinajstić information content (AvgIpc) is 2.92. The summed E-state index contributed by atoms with van der Waals surface area (Å²) in [6, 6.07) is 6.26. The van der Waals surface area contributed by atoms with Crippen LogP contribution in [-0.2, 0) is 11.0 Å². The van der Waals surface area contributed by atoms with Crippen molar-refractivity contribution in [1.29, 1.82) is 0 Å². The van der Waals surface area contributed by atoms with Crippen molar-refractivity contribution in [3.05, 3.63) is 53.3 Å². The van der Waals surface area contributed by atoms with Crippen LogP contribution in [0, 0.1) is 0 Å². The number of benzene rings is 1. The number of likely N-dealkylation sites (N-methyl/N-ethyl adjacent to an activating group) is 1. The van der Waals surface area contributed by atoms with Crippen LogP contribution in [0.1, 0.15) is 22.7 Å². The summed E-state index contributed by atoms with van der Waals surface area (Å²) in [5.41, 5.74) is -0.101. The molecule has 0 aliphatic rings. The van der Waals surface area contributed by atoms with Crippen LogP contribution in [0.2, 0.25) is 0 Å². The van der Waals surface area contributed by atoms with E-state index in [0.29, 0.717) is 5.69 Å². The number of aromatic amines is 1. The fourth-order valence-corrected chi connectivity index (χ4v) is 1.94. The first-order valence-electron chi connectivity index (χ1n) is 5.81. The minimum absolute atomic E-state index is 0.253. The zero-order chi connectivity index (χ0) is 14.8. The van der Waals surface area contributed by atoms with Gasteiger partial charge < -0.3 is 5.32 Å². The fraction of sp³-hybridized carbons (Fsp3) is 0.231. The van der Waals surface area contributed by atoms with Gasteiger partial charge in [-0.1, -0.05) is 18.2 Å². The van der Waals surface area contributed by atoms with Crippen molar-refractivity contribution in [2.45, 2.75) is 12.1 Å². The number of hydrogen-bond donors (Lipinski definition) is 2. The lowest BCUT2D eigenvalue weighted by atomic mass is 9.93. The van der Waals surface area contributed by atoms with Crippen molar-refractivity contribution in [3.8, 4) is 0 Å². The molecule has 2 rings (SSSR count). The molecule has 106 valence electrons. The summed E-state index contributed by atoms with van der Waals surface area (Å²) in [5.74, 6) is -1.27. The van der Waals surface area contributed by atoms with Crippen molar-refractivity contribution in [2.24, 2.45) is 0 Å². The summed E-state index contributed by atoms with van der Waals surface area (Å²) in [5, 5.41) is 8.79. The lowest BCUT2D eigenvalue weighted by Gasteiger charge is -2.16. The largest absolute Gasteiger partial charge is 0.416 e. The van der Waals surface area contributed by atoms with E-state index in [0.717, 1.165) is 12.1 Å². The van der Waals surface area contributed by atoms with Crippen LogP contribution in [0.5, 0.6) is 0 Å². The van der Waals surface area contributed by atoms with Gasteiger partial charge >= 0.3 is 6.18 Å². The predicted molar refractivity (Wildman–Crippen MR) is 65.9 cm³/mol. The van der Waals surface area contributed by atoms with Crippen LogP contribution in [0.25, 0.3) is 0 Å². The van der Waals surface area contributed by atoms with Gasteiger partial charge in [0.1, 0.15) is 5.92 Å². The highest BCUT2D eigenvalue weighted by atomic mass is 19.4. The molecule has 1 heterocycles. The number of carbonyl (C=O) groups excluding carboxylic acids is 1. The third-order valence-corrected chi connectivity index (χ3v) is 2.89. The molecule has 1 amide bonds. The van der Waals surface area contributed by atoms with Crippen LogP contribution in [0.4, 0.5) is 13.2 Å². The van der Waals surface area contributed by atoms with Gasteiger partial charge in [0.15, 0.2) is 0 Å². The number of carbonyl (C=O) groups is 1. The number of alkyl halides is 3. The molecule has 1 unspecified atom stereocenters. The van der Waals surface area contributed by atoms with E-state index in [1.807, 2.05) is 0 Å². The maximum absolute atomic E-state index is 12.7. The van der Waals surface area contributed by atoms with E-state index < -0.39 is 23.6 Å². The Morgan fingerprint density at radius 1 is 1.35 bits per heavy atom. The summed E-state index contributed by atoms with van der Waals surface area (Å²) in [7, 11) is 1.43. The van der Waals surface area contributed by atoms with Gasteiger partial charge in [-0.15, -0.1) is 0 Å². The lowest BCUT2D eigenvalue weighted by molar-refractivity contribution is -0.137. The molecule has 0 aliphatic carbocycles. The van der Waals surface area contributed by atoms with Gasteiger partial charge in [-0.05, 0) is 17.7 Å². The normalized spacial score (nSPS) is 13.0. The van der Waals surface area contributed by atoms with Crippen LogP contribution < -0.4 is 5.32 Å². The molecular formula is C13H12F3N3O. The summed E-state index contributed by atoms with van der Waals surface area (Å²) in [6.07, 6.45) is -3.00. The van der Waals surface area contributed by atoms with E-state index in [-0.39, 0.29) is 5.56 Å². The highest BCUT2D eigenvalue weighted by Gasteiger charge is 2.32. The Hall–Kier alpha value is -2.31. The first-order chi connectivity index (χ1) is 9.43. The Bertz CT molecular complexity index is 593. The number of amides is 1. The van der Waals surface area contributed by atoms with Crippen molar-refractivity contribution in [3.63, 3.8) is 0 Å². The molecule has 1 aromatic carbocycles. The molecule has 0 spiro atoms. The average molecular weight is 283 g/mol. The summed E-state index contributed by atoms with van der Waals surface area (Å²) in [6.45, 7) is 0. The van der Waals surface area contributed by atoms with Gasteiger partial charge in [-0.2, -0.15) is 18.3 Å². The van der Waals surface area contributed by atoms with Crippen molar-refractivity contribution < 1.29 is 18.0 Å². The van der Waals surface area contributed by atoms with Crippen molar-refractivity contribution in [1.82, 2.24) is 15.5 Å². The minimum Gasteiger partial charge on any atom is -0.358 e. The van der Waals surface area contributed by atoms with Gasteiger partial charge in [0.25, 0.3) is 0 Å². The Morgan fingerprint density at radius 3 is 2.65 bits per heavy atom. The van der Waals surface area contributed by atoms with E-state index in [1.165, 1.54) is 25.4 Å². The molecule has 1 aromatic heterocycles. The van der Waals surface area contributed by atoms with Gasteiger partial charge in [-0.3, -0.25) is 9.89 Å². The SMILES string of the molecule is CNC(=O)C(c1cccc(C(F)(F)F)c1)c1ccn[nH]1. The summed E-state index contributed by atoms with van der Waals surface area (Å²) < 4.78 is 38.2. The van der Waals surface area contributed by atoms with Crippen LogP contribution in [0.3, 0.4) is 0 Å². The highest BCUT2D eigenvalue weighted by Crippen LogP contribution is 2.32. The van der Waals surface area contributed by atoms with Gasteiger partial charge in [0, 0.05) is 13.2 Å². The number of aromatic nitrogens is 2. The van der Waals surface area contributed by atoms with Crippen LogP contribution >= 0.6 is 0 Å². The maximum Gasteiger partial charge on any atom is 0.416 e. The Morgan fingerprint density at radius 2 is 2.10 bits per heavy atom. The zero-order valence-corrected chi connectivity index (χ0v) is 10.5. The number of rotatable bonds is 3. The number of halogens is 3. The minimum atomic E-state index is -4.45. The highest BCUT2D eigenvalue weighted by molar-refractivity contribution is 5.86. The van der Waals surface area contributed by atoms with Crippen molar-refractivity contribution >= 4 is 5.91 Å². The first-order valence-corrected chi connectivity index (χ1v) is 5.81. The third-order valence-electron chi connectivity index (χ3n) is 2.89. The number of nitrogens with zero attached hydrogens (tertiary/aromatic N) is 1. The molecule has 7 heteroatoms. The molecule has 0 saturated carbocycles. The predicted octanol–water partition coefficient (Wildman–Crippen LogP) is 2.31. The molecular weight excluding hydrogens is 271 g/mol. The van der Waals surface area contributed by atoms with Gasteiger partial charge in [0.2, 0.25) is 5.91 Å². The maximum atomic E-state index is 12.7. The fourth-order valence-electron chi connectivity index (χ4n) is 1.94. The number of H-pyrrole nitrogens is 1. The monoisotopic (exact) mass is 283 g/mol. The molecule has 2 N–H and O–H groups in total. The van der Waals surface area contributed by atoms with E-state index in [2.05, 4.69) is 15.5 Å². The molecule has 0 saturated heterocycles. The smallest absolute Gasteiger partial charge is 0.358 e. The molecule has 1 atom stereocenters. The second kappa shape index (κ2) is 5.36. The molecule has 20 heavy (non-hydrogen) atoms. The van der Waals surface area contributed by atoms with E-state index in [4.69, 9.17) is 0 Å². The van der Waals surface area contributed by atoms with Crippen LogP contribution in [0.15, 0.2) is 36.5 Å². The van der Waals surface area contributed by atoms with E-state index >= 15 is 0 Å². The van der Waals surface area contributed by atoms with Gasteiger partial charge in [-0.25, -0.2) is 0 Å². The topological polar surface area (TPSA) is 57.8 Å². The van der Waals surface area contributed by atoms with E-state index in [1.54, 1.807) is 6.07 Å².